The second-order valence-corrected chi connectivity index (χ2v) is 5.65. The SMILES string of the molecule is Cc1cc(C)c(OC2CCCCO2)c(-c2[c-]cccc2)c1.[Li+]. The van der Waals surface area contributed by atoms with Gasteiger partial charge in [0.1, 0.15) is 0 Å². The van der Waals surface area contributed by atoms with Crippen molar-refractivity contribution < 1.29 is 28.3 Å². The molecule has 0 amide bonds. The third-order valence-corrected chi connectivity index (χ3v) is 3.81. The van der Waals surface area contributed by atoms with Crippen molar-refractivity contribution in [3.63, 3.8) is 0 Å². The van der Waals surface area contributed by atoms with Crippen molar-refractivity contribution in [3.05, 3.63) is 53.6 Å². The molecule has 1 unspecified atom stereocenters. The molecule has 0 spiro atoms. The molecule has 3 heteroatoms. The summed E-state index contributed by atoms with van der Waals surface area (Å²) in [7, 11) is 0. The molecule has 2 aromatic carbocycles. The molecule has 0 N–H and O–H groups in total. The van der Waals surface area contributed by atoms with Gasteiger partial charge in [-0.1, -0.05) is 23.3 Å². The van der Waals surface area contributed by atoms with Crippen LogP contribution in [0.2, 0.25) is 0 Å². The number of benzene rings is 2. The van der Waals surface area contributed by atoms with Crippen LogP contribution in [0.5, 0.6) is 5.75 Å². The number of aryl methyl sites for hydroxylation is 2. The van der Waals surface area contributed by atoms with E-state index < -0.39 is 0 Å². The average Bonchev–Trinajstić information content (AvgIpc) is 2.51. The molecule has 1 saturated heterocycles. The first-order chi connectivity index (χ1) is 10.2. The zero-order valence-corrected chi connectivity index (χ0v) is 13.7. The molecule has 0 aromatic heterocycles. The minimum absolute atomic E-state index is 0. The molecule has 1 aliphatic rings. The molecule has 0 bridgehead atoms. The minimum atomic E-state index is -0.123. The Morgan fingerprint density at radius 3 is 2.73 bits per heavy atom. The van der Waals surface area contributed by atoms with Gasteiger partial charge >= 0.3 is 18.9 Å². The van der Waals surface area contributed by atoms with Crippen LogP contribution >= 0.6 is 0 Å². The van der Waals surface area contributed by atoms with Crippen LogP contribution in [0.25, 0.3) is 11.1 Å². The van der Waals surface area contributed by atoms with Gasteiger partial charge < -0.3 is 9.47 Å². The molecule has 22 heavy (non-hydrogen) atoms. The Balaban J connectivity index is 0.00000176. The summed E-state index contributed by atoms with van der Waals surface area (Å²) < 4.78 is 11.9. The Morgan fingerprint density at radius 1 is 1.18 bits per heavy atom. The number of hydrogen-bond donors (Lipinski definition) is 0. The quantitative estimate of drug-likeness (QED) is 0.632. The summed E-state index contributed by atoms with van der Waals surface area (Å²) in [6, 6.07) is 15.6. The molecule has 3 rings (SSSR count). The van der Waals surface area contributed by atoms with Gasteiger partial charge in [0, 0.05) is 6.42 Å². The fraction of sp³-hybridized carbons (Fsp3) is 0.368. The first-order valence-electron chi connectivity index (χ1n) is 7.60. The Kier molecular flexibility index (Phi) is 6.14. The van der Waals surface area contributed by atoms with E-state index in [0.29, 0.717) is 0 Å². The normalized spacial score (nSPS) is 17.6. The Morgan fingerprint density at radius 2 is 2.05 bits per heavy atom. The van der Waals surface area contributed by atoms with Crippen LogP contribution in [-0.2, 0) is 4.74 Å². The van der Waals surface area contributed by atoms with Crippen molar-refractivity contribution in [1.82, 2.24) is 0 Å². The molecule has 1 heterocycles. The molecule has 1 fully saturated rings. The smallest absolute Gasteiger partial charge is 0.474 e. The fourth-order valence-corrected chi connectivity index (χ4v) is 2.81. The molecular formula is C19H21LiO2. The largest absolute Gasteiger partial charge is 1.00 e. The van der Waals surface area contributed by atoms with Crippen LogP contribution in [0, 0.1) is 19.9 Å². The van der Waals surface area contributed by atoms with E-state index in [0.717, 1.165) is 41.9 Å². The summed E-state index contributed by atoms with van der Waals surface area (Å²) in [5.41, 5.74) is 4.55. The molecule has 0 aliphatic carbocycles. The Hall–Kier alpha value is -1.20. The van der Waals surface area contributed by atoms with Gasteiger partial charge in [0.05, 0.1) is 12.4 Å². The zero-order chi connectivity index (χ0) is 14.7. The van der Waals surface area contributed by atoms with E-state index in [-0.39, 0.29) is 25.2 Å². The fourth-order valence-electron chi connectivity index (χ4n) is 2.81. The van der Waals surface area contributed by atoms with E-state index in [1.165, 1.54) is 12.0 Å². The van der Waals surface area contributed by atoms with Gasteiger partial charge in [-0.15, -0.1) is 35.9 Å². The average molecular weight is 288 g/mol. The number of ether oxygens (including phenoxy) is 2. The topological polar surface area (TPSA) is 18.5 Å². The number of hydrogen-bond acceptors (Lipinski definition) is 2. The van der Waals surface area contributed by atoms with Gasteiger partial charge in [0.25, 0.3) is 0 Å². The molecule has 1 aliphatic heterocycles. The Bertz CT molecular complexity index is 604. The summed E-state index contributed by atoms with van der Waals surface area (Å²) in [6.45, 7) is 5.00. The first-order valence-corrected chi connectivity index (χ1v) is 7.60. The predicted octanol–water partition coefficient (Wildman–Crippen LogP) is 1.68. The zero-order valence-electron chi connectivity index (χ0n) is 13.7. The maximum Gasteiger partial charge on any atom is 1.00 e. The van der Waals surface area contributed by atoms with Crippen molar-refractivity contribution in [2.45, 2.75) is 39.4 Å². The van der Waals surface area contributed by atoms with E-state index in [1.54, 1.807) is 0 Å². The second kappa shape index (κ2) is 7.88. The van der Waals surface area contributed by atoms with Gasteiger partial charge in [0.15, 0.2) is 6.29 Å². The van der Waals surface area contributed by atoms with Crippen molar-refractivity contribution in [3.8, 4) is 16.9 Å². The summed E-state index contributed by atoms with van der Waals surface area (Å²) in [5.74, 6) is 0.926. The summed E-state index contributed by atoms with van der Waals surface area (Å²) in [6.07, 6.45) is 3.14. The van der Waals surface area contributed by atoms with E-state index in [2.05, 4.69) is 38.1 Å². The second-order valence-electron chi connectivity index (χ2n) is 5.65. The van der Waals surface area contributed by atoms with Gasteiger partial charge in [-0.2, -0.15) is 0 Å². The van der Waals surface area contributed by atoms with E-state index in [9.17, 15) is 0 Å². The molecule has 1 atom stereocenters. The summed E-state index contributed by atoms with van der Waals surface area (Å²) in [5, 5.41) is 0. The summed E-state index contributed by atoms with van der Waals surface area (Å²) >= 11 is 0. The first kappa shape index (κ1) is 17.2. The minimum Gasteiger partial charge on any atom is -0.474 e. The van der Waals surface area contributed by atoms with Gasteiger partial charge in [0.2, 0.25) is 0 Å². The molecule has 110 valence electrons. The standard InChI is InChI=1S/C19H21O2.Li/c1-14-12-15(2)19(21-18-10-6-7-11-20-18)17(13-14)16-8-4-3-5-9-16;/h3-5,8,12-13,18H,6-7,10-11H2,1-2H3;/q-1;+1. The maximum absolute atomic E-state index is 6.18. The summed E-state index contributed by atoms with van der Waals surface area (Å²) in [4.78, 5) is 0. The van der Waals surface area contributed by atoms with Crippen molar-refractivity contribution >= 4 is 0 Å². The van der Waals surface area contributed by atoms with Crippen molar-refractivity contribution in [1.29, 1.82) is 0 Å². The molecule has 2 nitrogen and oxygen atoms in total. The molecule has 0 radical (unpaired) electrons. The molecular weight excluding hydrogens is 267 g/mol. The van der Waals surface area contributed by atoms with Gasteiger partial charge in [-0.3, -0.25) is 0 Å². The number of rotatable bonds is 3. The monoisotopic (exact) mass is 288 g/mol. The van der Waals surface area contributed by atoms with Crippen LogP contribution in [-0.4, -0.2) is 12.9 Å². The van der Waals surface area contributed by atoms with E-state index >= 15 is 0 Å². The third-order valence-electron chi connectivity index (χ3n) is 3.81. The van der Waals surface area contributed by atoms with Crippen LogP contribution in [0.1, 0.15) is 30.4 Å². The third kappa shape index (κ3) is 3.96. The van der Waals surface area contributed by atoms with Crippen molar-refractivity contribution in [2.24, 2.45) is 0 Å². The van der Waals surface area contributed by atoms with Crippen LogP contribution in [0.15, 0.2) is 36.4 Å². The van der Waals surface area contributed by atoms with Gasteiger partial charge in [-0.25, -0.2) is 0 Å². The van der Waals surface area contributed by atoms with Crippen molar-refractivity contribution in [2.75, 3.05) is 6.61 Å². The van der Waals surface area contributed by atoms with Gasteiger partial charge in [-0.05, 0) is 32.3 Å². The predicted molar refractivity (Wildman–Crippen MR) is 84.4 cm³/mol. The molecule has 2 aromatic rings. The van der Waals surface area contributed by atoms with E-state index in [1.807, 2.05) is 18.2 Å². The van der Waals surface area contributed by atoms with Crippen LogP contribution < -0.4 is 23.6 Å². The van der Waals surface area contributed by atoms with E-state index in [4.69, 9.17) is 9.47 Å². The maximum atomic E-state index is 6.18. The van der Waals surface area contributed by atoms with Crippen LogP contribution in [0.3, 0.4) is 0 Å². The Labute approximate surface area is 145 Å². The van der Waals surface area contributed by atoms with Crippen LogP contribution in [0.4, 0.5) is 0 Å². The molecule has 0 saturated carbocycles.